The number of carbonyl (C=O) groups excluding carboxylic acids is 1. The molecule has 2 aliphatic heterocycles. The van der Waals surface area contributed by atoms with Crippen molar-refractivity contribution < 1.29 is 4.79 Å². The topological polar surface area (TPSA) is 90.9 Å². The molecule has 2 heterocycles. The van der Waals surface area contributed by atoms with Crippen LogP contribution < -0.4 is 15.8 Å². The number of nitrogens with two attached hydrogens (primary N) is 1. The quantitative estimate of drug-likeness (QED) is 0.640. The summed E-state index contributed by atoms with van der Waals surface area (Å²) in [7, 11) is 0. The van der Waals surface area contributed by atoms with Gasteiger partial charge in [0.1, 0.15) is 6.04 Å². The molecule has 0 unspecified atom stereocenters. The Balaban J connectivity index is 1.37. The number of hydrogen-bond acceptors (Lipinski definition) is 5. The summed E-state index contributed by atoms with van der Waals surface area (Å²) in [6, 6.07) is 18.3. The summed E-state index contributed by atoms with van der Waals surface area (Å²) in [6.07, 6.45) is 5.05. The molecule has 2 atom stereocenters. The predicted molar refractivity (Wildman–Crippen MR) is 116 cm³/mol. The summed E-state index contributed by atoms with van der Waals surface area (Å²) in [6.45, 7) is 0. The molecule has 1 aliphatic carbocycles. The van der Waals surface area contributed by atoms with Crippen LogP contribution in [0.5, 0.6) is 0 Å². The lowest BCUT2D eigenvalue weighted by Crippen LogP contribution is -2.59. The first-order valence-electron chi connectivity index (χ1n) is 10.2. The van der Waals surface area contributed by atoms with E-state index in [2.05, 4.69) is 28.8 Å². The second kappa shape index (κ2) is 9.00. The second-order valence-corrected chi connectivity index (χ2v) is 8.70. The highest BCUT2D eigenvalue weighted by molar-refractivity contribution is 7.97. The maximum absolute atomic E-state index is 12.7. The largest absolute Gasteiger partial charge is 0.339 e. The Kier molecular flexibility index (Phi) is 6.19. The van der Waals surface area contributed by atoms with Gasteiger partial charge in [0.05, 0.1) is 12.1 Å². The van der Waals surface area contributed by atoms with Crippen molar-refractivity contribution in [3.63, 3.8) is 0 Å². The lowest BCUT2D eigenvalue weighted by atomic mass is 9.76. The van der Waals surface area contributed by atoms with Gasteiger partial charge in [-0.25, -0.2) is 0 Å². The third kappa shape index (κ3) is 4.64. The third-order valence-corrected chi connectivity index (χ3v) is 6.68. The Morgan fingerprint density at radius 2 is 1.72 bits per heavy atom. The van der Waals surface area contributed by atoms with Crippen molar-refractivity contribution in [2.45, 2.75) is 55.1 Å². The molecule has 1 amide bonds. The average Bonchev–Trinajstić information content (AvgIpc) is 2.80. The fourth-order valence-electron chi connectivity index (χ4n) is 4.48. The smallest absolute Gasteiger partial charge is 0.238 e. The molecule has 0 spiro atoms. The van der Waals surface area contributed by atoms with Crippen molar-refractivity contribution in [2.24, 2.45) is 11.1 Å². The van der Waals surface area contributed by atoms with Crippen LogP contribution in [0.3, 0.4) is 0 Å². The van der Waals surface area contributed by atoms with Crippen LogP contribution in [0.2, 0.25) is 0 Å². The summed E-state index contributed by atoms with van der Waals surface area (Å²) >= 11 is 1.23. The number of hydrogen-bond donors (Lipinski definition) is 3. The van der Waals surface area contributed by atoms with E-state index in [1.807, 2.05) is 36.4 Å². The van der Waals surface area contributed by atoms with Crippen molar-refractivity contribution in [3.8, 4) is 17.2 Å². The number of nitrogens with zero attached hydrogens (tertiary/aromatic N) is 1. The van der Waals surface area contributed by atoms with Crippen LogP contribution in [0.1, 0.15) is 31.2 Å². The standard InChI is InChI=1S/C23H26N4OS/c24-14-20(27-23(28)22-18-5-9-19(26-22)10-6-18)13-15-1-3-16(4-2-15)17-7-11-21(29-25)12-8-17/h1-4,7-8,11-12,18-20,22,26H,5-6,9-10,13,25H2,(H,27,28)/t18?,19?,20-,22-/m0/s1. The number of rotatable bonds is 6. The monoisotopic (exact) mass is 406 g/mol. The maximum Gasteiger partial charge on any atom is 0.238 e. The molecule has 5 rings (SSSR count). The van der Waals surface area contributed by atoms with Crippen LogP contribution in [0.15, 0.2) is 53.4 Å². The Hall–Kier alpha value is -2.33. The predicted octanol–water partition coefficient (Wildman–Crippen LogP) is 3.40. The first kappa shape index (κ1) is 20.0. The first-order chi connectivity index (χ1) is 14.2. The van der Waals surface area contributed by atoms with Crippen molar-refractivity contribution in [1.82, 2.24) is 10.6 Å². The number of benzene rings is 2. The Morgan fingerprint density at radius 1 is 1.10 bits per heavy atom. The zero-order valence-corrected chi connectivity index (χ0v) is 17.1. The van der Waals surface area contributed by atoms with E-state index in [1.54, 1.807) is 0 Å². The van der Waals surface area contributed by atoms with Crippen molar-refractivity contribution in [2.75, 3.05) is 0 Å². The molecule has 0 radical (unpaired) electrons. The minimum absolute atomic E-state index is 0.0274. The van der Waals surface area contributed by atoms with Gasteiger partial charge in [-0.1, -0.05) is 36.4 Å². The number of fused-ring (bicyclic) bond motifs is 3. The van der Waals surface area contributed by atoms with Gasteiger partial charge in [-0.3, -0.25) is 9.93 Å². The normalized spacial score (nSPS) is 23.9. The molecular formula is C23H26N4OS. The molecule has 0 aromatic heterocycles. The van der Waals surface area contributed by atoms with Crippen LogP contribution in [0, 0.1) is 17.2 Å². The van der Waals surface area contributed by atoms with Gasteiger partial charge in [0.25, 0.3) is 0 Å². The molecule has 150 valence electrons. The van der Waals surface area contributed by atoms with Crippen LogP contribution in [0.25, 0.3) is 11.1 Å². The van der Waals surface area contributed by atoms with Gasteiger partial charge < -0.3 is 10.6 Å². The zero-order valence-electron chi connectivity index (χ0n) is 16.3. The lowest BCUT2D eigenvalue weighted by molar-refractivity contribution is -0.127. The van der Waals surface area contributed by atoms with E-state index >= 15 is 0 Å². The van der Waals surface area contributed by atoms with E-state index in [9.17, 15) is 10.1 Å². The van der Waals surface area contributed by atoms with Crippen LogP contribution in [-0.2, 0) is 11.2 Å². The highest BCUT2D eigenvalue weighted by Gasteiger charge is 2.39. The summed E-state index contributed by atoms with van der Waals surface area (Å²) in [5.41, 5.74) is 3.27. The zero-order chi connectivity index (χ0) is 20.2. The van der Waals surface area contributed by atoms with E-state index < -0.39 is 6.04 Å². The van der Waals surface area contributed by atoms with E-state index in [1.165, 1.54) is 11.9 Å². The van der Waals surface area contributed by atoms with Gasteiger partial charge in [0, 0.05) is 17.4 Å². The van der Waals surface area contributed by atoms with Crippen molar-refractivity contribution >= 4 is 17.9 Å². The van der Waals surface area contributed by atoms with Crippen LogP contribution >= 0.6 is 11.9 Å². The minimum atomic E-state index is -0.517. The molecule has 3 aliphatic rings. The van der Waals surface area contributed by atoms with E-state index in [-0.39, 0.29) is 11.9 Å². The van der Waals surface area contributed by atoms with Gasteiger partial charge in [-0.2, -0.15) is 5.26 Å². The molecule has 6 heteroatoms. The van der Waals surface area contributed by atoms with Gasteiger partial charge in [-0.15, -0.1) is 0 Å². The molecule has 2 bridgehead atoms. The van der Waals surface area contributed by atoms with Gasteiger partial charge >= 0.3 is 0 Å². The third-order valence-electron chi connectivity index (χ3n) is 6.13. The number of piperidine rings is 2. The molecule has 3 fully saturated rings. The lowest BCUT2D eigenvalue weighted by Gasteiger charge is -2.42. The molecule has 2 aromatic rings. The Morgan fingerprint density at radius 3 is 2.24 bits per heavy atom. The average molecular weight is 407 g/mol. The van der Waals surface area contributed by atoms with Crippen LogP contribution in [-0.4, -0.2) is 24.0 Å². The number of amides is 1. The SMILES string of the molecule is N#C[C@H](Cc1ccc(-c2ccc(SN)cc2)cc1)NC(=O)[C@H]1NC2CCC1CC2. The summed E-state index contributed by atoms with van der Waals surface area (Å²) in [5, 5.41) is 21.5. The van der Waals surface area contributed by atoms with Crippen LogP contribution in [0.4, 0.5) is 0 Å². The van der Waals surface area contributed by atoms with Gasteiger partial charge in [0.15, 0.2) is 0 Å². The fourth-order valence-corrected chi connectivity index (χ4v) is 4.78. The summed E-state index contributed by atoms with van der Waals surface area (Å²) < 4.78 is 0. The summed E-state index contributed by atoms with van der Waals surface area (Å²) in [5.74, 6) is 0.378. The maximum atomic E-state index is 12.7. The Bertz CT molecular complexity index is 883. The fraction of sp³-hybridized carbons (Fsp3) is 0.391. The molecular weight excluding hydrogens is 380 g/mol. The number of nitrogens with one attached hydrogen (secondary N) is 2. The first-order valence-corrected chi connectivity index (χ1v) is 11.1. The molecule has 5 nitrogen and oxygen atoms in total. The highest BCUT2D eigenvalue weighted by atomic mass is 32.2. The summed E-state index contributed by atoms with van der Waals surface area (Å²) in [4.78, 5) is 13.7. The van der Waals surface area contributed by atoms with Gasteiger partial charge in [-0.05, 0) is 72.4 Å². The van der Waals surface area contributed by atoms with Crippen molar-refractivity contribution in [3.05, 3.63) is 54.1 Å². The number of carbonyl (C=O) groups is 1. The molecule has 2 aromatic carbocycles. The van der Waals surface area contributed by atoms with E-state index in [0.29, 0.717) is 18.4 Å². The highest BCUT2D eigenvalue weighted by Crippen LogP contribution is 2.33. The molecule has 4 N–H and O–H groups in total. The molecule has 29 heavy (non-hydrogen) atoms. The van der Waals surface area contributed by atoms with E-state index in [4.69, 9.17) is 5.14 Å². The Labute approximate surface area is 176 Å². The van der Waals surface area contributed by atoms with Gasteiger partial charge in [0.2, 0.25) is 5.91 Å². The van der Waals surface area contributed by atoms with E-state index in [0.717, 1.165) is 47.3 Å². The second-order valence-electron chi connectivity index (χ2n) is 7.99. The minimum Gasteiger partial charge on any atom is -0.339 e. The molecule has 2 saturated heterocycles. The van der Waals surface area contributed by atoms with Crippen molar-refractivity contribution in [1.29, 1.82) is 5.26 Å². The number of nitriles is 1. The molecule has 1 saturated carbocycles.